The molecule has 5 nitrogen and oxygen atoms in total. The summed E-state index contributed by atoms with van der Waals surface area (Å²) >= 11 is 12.4. The number of aliphatic carboxylic acids is 1. The molecule has 33 heavy (non-hydrogen) atoms. The van der Waals surface area contributed by atoms with Crippen molar-refractivity contribution in [2.24, 2.45) is 0 Å². The average molecular weight is 496 g/mol. The van der Waals surface area contributed by atoms with Gasteiger partial charge in [-0.2, -0.15) is 0 Å². The van der Waals surface area contributed by atoms with Gasteiger partial charge in [0.25, 0.3) is 5.91 Å². The number of thiocarbonyl (C=S) groups is 1. The van der Waals surface area contributed by atoms with Gasteiger partial charge in [0.1, 0.15) is 16.7 Å². The summed E-state index contributed by atoms with van der Waals surface area (Å²) in [6.45, 7) is 0.331. The van der Waals surface area contributed by atoms with Crippen LogP contribution in [0.15, 0.2) is 83.8 Å². The van der Waals surface area contributed by atoms with E-state index in [0.29, 0.717) is 33.4 Å². The lowest BCUT2D eigenvalue weighted by Crippen LogP contribution is -2.37. The lowest BCUT2D eigenvalue weighted by Gasteiger charge is -2.23. The zero-order chi connectivity index (χ0) is 23.4. The molecule has 1 heterocycles. The third-order valence-electron chi connectivity index (χ3n) is 4.94. The zero-order valence-electron chi connectivity index (χ0n) is 17.2. The molecule has 0 bridgehead atoms. The minimum Gasteiger partial charge on any atom is -0.488 e. The van der Waals surface area contributed by atoms with Gasteiger partial charge in [-0.3, -0.25) is 9.69 Å². The van der Waals surface area contributed by atoms with Gasteiger partial charge in [-0.05, 0) is 35.4 Å². The van der Waals surface area contributed by atoms with Crippen LogP contribution < -0.4 is 4.74 Å². The fourth-order valence-electron chi connectivity index (χ4n) is 3.35. The first-order valence-electron chi connectivity index (χ1n) is 9.95. The van der Waals surface area contributed by atoms with Gasteiger partial charge in [-0.25, -0.2) is 4.79 Å². The van der Waals surface area contributed by atoms with Gasteiger partial charge in [0, 0.05) is 10.6 Å². The molecule has 0 aliphatic carbocycles. The van der Waals surface area contributed by atoms with Gasteiger partial charge in [-0.15, -0.1) is 0 Å². The molecule has 1 atom stereocenters. The molecule has 3 aromatic carbocycles. The summed E-state index contributed by atoms with van der Waals surface area (Å²) < 4.78 is 6.16. The quantitative estimate of drug-likeness (QED) is 0.323. The number of amides is 1. The second-order valence-electron chi connectivity index (χ2n) is 7.16. The van der Waals surface area contributed by atoms with Gasteiger partial charge >= 0.3 is 5.97 Å². The Morgan fingerprint density at radius 1 is 1.06 bits per heavy atom. The molecule has 4 rings (SSSR count). The van der Waals surface area contributed by atoms with Crippen LogP contribution in [-0.2, 0) is 16.2 Å². The third kappa shape index (κ3) is 5.27. The first-order chi connectivity index (χ1) is 15.9. The van der Waals surface area contributed by atoms with E-state index >= 15 is 0 Å². The van der Waals surface area contributed by atoms with Crippen LogP contribution in [0.25, 0.3) is 6.08 Å². The molecular formula is C25H18ClNO4S2. The largest absolute Gasteiger partial charge is 0.488 e. The Bertz CT molecular complexity index is 1230. The molecule has 166 valence electrons. The van der Waals surface area contributed by atoms with Crippen LogP contribution in [0.2, 0.25) is 5.02 Å². The Morgan fingerprint density at radius 3 is 2.42 bits per heavy atom. The molecule has 1 aliphatic rings. The van der Waals surface area contributed by atoms with Crippen LogP contribution in [0, 0.1) is 0 Å². The number of nitrogens with zero attached hydrogens (tertiary/aromatic N) is 1. The normalized spacial score (nSPS) is 15.7. The van der Waals surface area contributed by atoms with E-state index in [-0.39, 0.29) is 4.32 Å². The van der Waals surface area contributed by atoms with E-state index in [0.717, 1.165) is 22.2 Å². The molecule has 8 heteroatoms. The number of hydrogen-bond donors (Lipinski definition) is 1. The molecule has 0 spiro atoms. The smallest absolute Gasteiger partial charge is 0.331 e. The SMILES string of the molecule is O=C(O)[C@@H](c1ccccc1)N1C(=O)/C(=C\c2ccccc2OCc2ccc(Cl)cc2)SC1=S. The number of carboxylic acid groups (broad SMARTS) is 1. The maximum absolute atomic E-state index is 13.2. The first kappa shape index (κ1) is 23.0. The van der Waals surface area contributed by atoms with Crippen molar-refractivity contribution in [1.29, 1.82) is 0 Å². The molecular weight excluding hydrogens is 478 g/mol. The first-order valence-corrected chi connectivity index (χ1v) is 11.6. The number of halogens is 1. The minimum absolute atomic E-state index is 0.196. The molecule has 1 N–H and O–H groups in total. The second kappa shape index (κ2) is 10.2. The highest BCUT2D eigenvalue weighted by atomic mass is 35.5. The van der Waals surface area contributed by atoms with E-state index in [2.05, 4.69) is 0 Å². The number of ether oxygens (including phenoxy) is 1. The predicted octanol–water partition coefficient (Wildman–Crippen LogP) is 5.95. The Labute approximate surface area is 205 Å². The molecule has 3 aromatic rings. The van der Waals surface area contributed by atoms with Crippen LogP contribution in [0.5, 0.6) is 5.75 Å². The number of carbonyl (C=O) groups excluding carboxylic acids is 1. The Kier molecular flexibility index (Phi) is 7.13. The lowest BCUT2D eigenvalue weighted by molar-refractivity contribution is -0.145. The third-order valence-corrected chi connectivity index (χ3v) is 6.53. The molecule has 1 fully saturated rings. The van der Waals surface area contributed by atoms with Crippen molar-refractivity contribution in [1.82, 2.24) is 4.90 Å². The van der Waals surface area contributed by atoms with E-state index in [1.807, 2.05) is 36.4 Å². The molecule has 0 saturated carbocycles. The van der Waals surface area contributed by atoms with Crippen molar-refractivity contribution in [3.63, 3.8) is 0 Å². The van der Waals surface area contributed by atoms with Gasteiger partial charge in [0.2, 0.25) is 0 Å². The fourth-order valence-corrected chi connectivity index (χ4v) is 4.78. The van der Waals surface area contributed by atoms with E-state index in [1.165, 1.54) is 0 Å². The van der Waals surface area contributed by atoms with Gasteiger partial charge in [0.15, 0.2) is 6.04 Å². The highest BCUT2D eigenvalue weighted by Crippen LogP contribution is 2.39. The number of hydrogen-bond acceptors (Lipinski definition) is 5. The zero-order valence-corrected chi connectivity index (χ0v) is 19.6. The van der Waals surface area contributed by atoms with Crippen molar-refractivity contribution in [2.75, 3.05) is 0 Å². The van der Waals surface area contributed by atoms with Crippen LogP contribution in [-0.4, -0.2) is 26.2 Å². The minimum atomic E-state index is -1.19. The fraction of sp³-hybridized carbons (Fsp3) is 0.0800. The second-order valence-corrected chi connectivity index (χ2v) is 9.27. The predicted molar refractivity (Wildman–Crippen MR) is 134 cm³/mol. The van der Waals surface area contributed by atoms with E-state index in [1.54, 1.807) is 48.5 Å². The lowest BCUT2D eigenvalue weighted by atomic mass is 10.1. The molecule has 0 radical (unpaired) electrons. The summed E-state index contributed by atoms with van der Waals surface area (Å²) in [4.78, 5) is 26.7. The summed E-state index contributed by atoms with van der Waals surface area (Å²) in [7, 11) is 0. The Morgan fingerprint density at radius 2 is 1.73 bits per heavy atom. The van der Waals surface area contributed by atoms with Crippen LogP contribution in [0.4, 0.5) is 0 Å². The highest BCUT2D eigenvalue weighted by molar-refractivity contribution is 8.26. The van der Waals surface area contributed by atoms with Crippen molar-refractivity contribution < 1.29 is 19.4 Å². The number of para-hydroxylation sites is 1. The molecule has 0 unspecified atom stereocenters. The van der Waals surface area contributed by atoms with Crippen LogP contribution in [0.1, 0.15) is 22.7 Å². The van der Waals surface area contributed by atoms with Crippen molar-refractivity contribution in [2.45, 2.75) is 12.6 Å². The maximum Gasteiger partial charge on any atom is 0.331 e. The Hall–Kier alpha value is -3.13. The van der Waals surface area contributed by atoms with Crippen molar-refractivity contribution in [3.05, 3.63) is 105 Å². The molecule has 0 aromatic heterocycles. The van der Waals surface area contributed by atoms with E-state index in [9.17, 15) is 14.7 Å². The number of carbonyl (C=O) groups is 2. The van der Waals surface area contributed by atoms with E-state index in [4.69, 9.17) is 28.6 Å². The van der Waals surface area contributed by atoms with Crippen molar-refractivity contribution >= 4 is 57.9 Å². The number of carboxylic acids is 1. The van der Waals surface area contributed by atoms with Gasteiger partial charge in [-0.1, -0.05) is 96.2 Å². The number of thioether (sulfide) groups is 1. The summed E-state index contributed by atoms with van der Waals surface area (Å²) in [5, 5.41) is 10.5. The van der Waals surface area contributed by atoms with Crippen LogP contribution >= 0.6 is 35.6 Å². The molecule has 1 aliphatic heterocycles. The summed E-state index contributed by atoms with van der Waals surface area (Å²) in [5.41, 5.74) is 2.13. The Balaban J connectivity index is 1.59. The maximum atomic E-state index is 13.2. The standard InChI is InChI=1S/C25H18ClNO4S2/c26-19-12-10-16(11-13-19)15-31-20-9-5-4-8-18(20)14-21-23(28)27(25(32)33-21)22(24(29)30)17-6-2-1-3-7-17/h1-14,22H,15H2,(H,29,30)/b21-14+/t22-/m1/s1. The van der Waals surface area contributed by atoms with Gasteiger partial charge < -0.3 is 9.84 Å². The summed E-state index contributed by atoms with van der Waals surface area (Å²) in [6.07, 6.45) is 1.68. The van der Waals surface area contributed by atoms with Crippen molar-refractivity contribution in [3.8, 4) is 5.75 Å². The average Bonchev–Trinajstić information content (AvgIpc) is 3.08. The monoisotopic (exact) mass is 495 g/mol. The van der Waals surface area contributed by atoms with E-state index < -0.39 is 17.9 Å². The highest BCUT2D eigenvalue weighted by Gasteiger charge is 2.41. The van der Waals surface area contributed by atoms with Crippen LogP contribution in [0.3, 0.4) is 0 Å². The topological polar surface area (TPSA) is 66.8 Å². The molecule has 1 amide bonds. The molecule has 1 saturated heterocycles. The summed E-state index contributed by atoms with van der Waals surface area (Å²) in [6, 6.07) is 22.1. The summed E-state index contributed by atoms with van der Waals surface area (Å²) in [5.74, 6) is -1.00. The number of rotatable bonds is 7. The number of benzene rings is 3. The van der Waals surface area contributed by atoms with Gasteiger partial charge in [0.05, 0.1) is 4.91 Å².